The van der Waals surface area contributed by atoms with Crippen molar-refractivity contribution in [1.29, 1.82) is 0 Å². The minimum Gasteiger partial charge on any atom is -0.477 e. The van der Waals surface area contributed by atoms with Gasteiger partial charge in [0.15, 0.2) is 12.1 Å². The van der Waals surface area contributed by atoms with E-state index in [0.29, 0.717) is 19.3 Å². The average Bonchev–Trinajstić information content (AvgIpc) is 3.03. The molecule has 0 bridgehead atoms. The Morgan fingerprint density at radius 2 is 1.17 bits per heavy atom. The van der Waals surface area contributed by atoms with Crippen molar-refractivity contribution in [2.75, 3.05) is 41.0 Å². The Morgan fingerprint density at radius 1 is 0.646 bits per heavy atom. The summed E-state index contributed by atoms with van der Waals surface area (Å²) >= 11 is 0. The number of rotatable bonds is 32. The van der Waals surface area contributed by atoms with Crippen molar-refractivity contribution in [3.63, 3.8) is 0 Å². The number of quaternary nitrogens is 1. The highest BCUT2D eigenvalue weighted by molar-refractivity contribution is 5.72. The van der Waals surface area contributed by atoms with E-state index < -0.39 is 18.1 Å². The van der Waals surface area contributed by atoms with Gasteiger partial charge >= 0.3 is 17.9 Å². The molecule has 0 amide bonds. The molecule has 0 fully saturated rings. The zero-order valence-electron chi connectivity index (χ0n) is 31.2. The van der Waals surface area contributed by atoms with Gasteiger partial charge in [-0.1, -0.05) is 133 Å². The SMILES string of the molecule is CC/C=C/C=C/C=C/C=C/CCCCCC(=O)OC(COCCC(C(=O)O)[N+](C)(C)C)COC(=O)CCCCCCCCCCCCC. The lowest BCUT2D eigenvalue weighted by Gasteiger charge is -2.31. The van der Waals surface area contributed by atoms with Gasteiger partial charge in [0.1, 0.15) is 6.61 Å². The molecular formula is C40H70NO7+. The van der Waals surface area contributed by atoms with Crippen LogP contribution in [-0.2, 0) is 28.6 Å². The number of hydrogen-bond acceptors (Lipinski definition) is 6. The van der Waals surface area contributed by atoms with E-state index in [0.717, 1.165) is 44.9 Å². The Bertz CT molecular complexity index is 932. The molecule has 0 heterocycles. The number of carbonyl (C=O) groups excluding carboxylic acids is 2. The highest BCUT2D eigenvalue weighted by atomic mass is 16.6. The summed E-state index contributed by atoms with van der Waals surface area (Å²) in [5, 5.41) is 9.57. The topological polar surface area (TPSA) is 99.1 Å². The largest absolute Gasteiger partial charge is 0.477 e. The van der Waals surface area contributed by atoms with Crippen LogP contribution in [0.15, 0.2) is 48.6 Å². The lowest BCUT2D eigenvalue weighted by Crippen LogP contribution is -2.50. The third kappa shape index (κ3) is 29.4. The van der Waals surface area contributed by atoms with Gasteiger partial charge in [-0.25, -0.2) is 4.79 Å². The molecule has 276 valence electrons. The third-order valence-electron chi connectivity index (χ3n) is 8.09. The molecule has 0 aromatic heterocycles. The van der Waals surface area contributed by atoms with Crippen LogP contribution in [0.25, 0.3) is 0 Å². The van der Waals surface area contributed by atoms with Gasteiger partial charge in [-0.3, -0.25) is 9.59 Å². The van der Waals surface area contributed by atoms with Crippen LogP contribution in [0.5, 0.6) is 0 Å². The van der Waals surface area contributed by atoms with E-state index in [1.807, 2.05) is 57.6 Å². The fourth-order valence-corrected chi connectivity index (χ4v) is 5.16. The van der Waals surface area contributed by atoms with Crippen LogP contribution >= 0.6 is 0 Å². The van der Waals surface area contributed by atoms with E-state index in [2.05, 4.69) is 26.0 Å². The van der Waals surface area contributed by atoms with Gasteiger partial charge in [0, 0.05) is 19.3 Å². The highest BCUT2D eigenvalue weighted by Gasteiger charge is 2.31. The molecule has 8 nitrogen and oxygen atoms in total. The first kappa shape index (κ1) is 45.3. The van der Waals surface area contributed by atoms with Crippen molar-refractivity contribution in [3.8, 4) is 0 Å². The Hall–Kier alpha value is -2.71. The number of nitrogens with zero attached hydrogens (tertiary/aromatic N) is 1. The molecular weight excluding hydrogens is 606 g/mol. The van der Waals surface area contributed by atoms with Crippen LogP contribution < -0.4 is 0 Å². The highest BCUT2D eigenvalue weighted by Crippen LogP contribution is 2.13. The number of likely N-dealkylation sites (N-methyl/N-ethyl adjacent to an activating group) is 1. The van der Waals surface area contributed by atoms with Crippen LogP contribution in [0.4, 0.5) is 0 Å². The normalized spacial score (nSPS) is 13.6. The van der Waals surface area contributed by atoms with Gasteiger partial charge in [-0.05, 0) is 32.1 Å². The molecule has 0 aliphatic carbocycles. The van der Waals surface area contributed by atoms with Crippen LogP contribution in [-0.4, -0.2) is 80.6 Å². The van der Waals surface area contributed by atoms with Crippen LogP contribution in [0.3, 0.4) is 0 Å². The minimum atomic E-state index is -0.884. The number of hydrogen-bond donors (Lipinski definition) is 1. The van der Waals surface area contributed by atoms with Gasteiger partial charge < -0.3 is 23.8 Å². The third-order valence-corrected chi connectivity index (χ3v) is 8.09. The lowest BCUT2D eigenvalue weighted by atomic mass is 10.1. The van der Waals surface area contributed by atoms with Crippen molar-refractivity contribution in [2.24, 2.45) is 0 Å². The molecule has 0 radical (unpaired) electrons. The van der Waals surface area contributed by atoms with Crippen molar-refractivity contribution in [3.05, 3.63) is 48.6 Å². The number of carboxylic acids is 1. The number of esters is 2. The molecule has 48 heavy (non-hydrogen) atoms. The molecule has 0 saturated carbocycles. The molecule has 0 aliphatic rings. The zero-order chi connectivity index (χ0) is 35.7. The Kier molecular flexibility index (Phi) is 29.8. The van der Waals surface area contributed by atoms with Crippen molar-refractivity contribution < 1.29 is 38.2 Å². The standard InChI is InChI=1S/C40H69NO7/c1-6-8-10-12-14-16-18-19-21-23-25-27-29-31-39(43)48-36(34-46-33-32-37(40(44)45)41(3,4)5)35-47-38(42)30-28-26-24-22-20-17-15-13-11-9-7-2/h8,10,12,14,16,18-19,21,36-37H,6-7,9,11,13,15,17,20,22-35H2,1-5H3/p+1/b10-8+,14-12+,18-16+,21-19+. The summed E-state index contributed by atoms with van der Waals surface area (Å²) in [6.07, 6.45) is 34.4. The number of allylic oxidation sites excluding steroid dienone is 8. The second-order valence-electron chi connectivity index (χ2n) is 13.5. The van der Waals surface area contributed by atoms with Gasteiger partial charge in [0.2, 0.25) is 0 Å². The number of aliphatic carboxylic acids is 1. The summed E-state index contributed by atoms with van der Waals surface area (Å²) in [6.45, 7) is 4.52. The number of ether oxygens (including phenoxy) is 3. The Morgan fingerprint density at radius 3 is 1.73 bits per heavy atom. The first-order valence-electron chi connectivity index (χ1n) is 18.7. The first-order chi connectivity index (χ1) is 23.1. The Labute approximate surface area is 293 Å². The first-order valence-corrected chi connectivity index (χ1v) is 18.7. The van der Waals surface area contributed by atoms with Crippen LogP contribution in [0.2, 0.25) is 0 Å². The van der Waals surface area contributed by atoms with E-state index in [1.165, 1.54) is 51.4 Å². The molecule has 0 aromatic rings. The van der Waals surface area contributed by atoms with Crippen LogP contribution in [0, 0.1) is 0 Å². The van der Waals surface area contributed by atoms with Gasteiger partial charge in [-0.15, -0.1) is 0 Å². The van der Waals surface area contributed by atoms with Gasteiger partial charge in [0.05, 0.1) is 34.4 Å². The Balaban J connectivity index is 4.52. The quantitative estimate of drug-likeness (QED) is 0.0328. The molecule has 1 N–H and O–H groups in total. The molecule has 0 aliphatic heterocycles. The number of carbonyl (C=O) groups is 3. The van der Waals surface area contributed by atoms with E-state index in [4.69, 9.17) is 14.2 Å². The maximum absolute atomic E-state index is 12.6. The molecule has 2 atom stereocenters. The smallest absolute Gasteiger partial charge is 0.362 e. The summed E-state index contributed by atoms with van der Waals surface area (Å²) in [5.74, 6) is -1.53. The maximum Gasteiger partial charge on any atom is 0.362 e. The molecule has 0 spiro atoms. The summed E-state index contributed by atoms with van der Waals surface area (Å²) in [7, 11) is 5.49. The van der Waals surface area contributed by atoms with Gasteiger partial charge in [0.25, 0.3) is 0 Å². The fourth-order valence-electron chi connectivity index (χ4n) is 5.16. The summed E-state index contributed by atoms with van der Waals surface area (Å²) in [4.78, 5) is 36.7. The average molecular weight is 677 g/mol. The van der Waals surface area contributed by atoms with E-state index in [-0.39, 0.29) is 42.7 Å². The fraction of sp³-hybridized carbons (Fsp3) is 0.725. The second kappa shape index (κ2) is 31.6. The maximum atomic E-state index is 12.6. The predicted octanol–water partition coefficient (Wildman–Crippen LogP) is 9.29. The van der Waals surface area contributed by atoms with E-state index in [9.17, 15) is 19.5 Å². The van der Waals surface area contributed by atoms with Crippen LogP contribution in [0.1, 0.15) is 136 Å². The molecule has 2 unspecified atom stereocenters. The second-order valence-corrected chi connectivity index (χ2v) is 13.5. The van der Waals surface area contributed by atoms with Gasteiger partial charge in [-0.2, -0.15) is 0 Å². The summed E-state index contributed by atoms with van der Waals surface area (Å²) in [5.41, 5.74) is 0. The molecule has 0 saturated heterocycles. The summed E-state index contributed by atoms with van der Waals surface area (Å²) in [6, 6.07) is -0.620. The molecule has 0 aromatic carbocycles. The van der Waals surface area contributed by atoms with Crippen molar-refractivity contribution in [1.82, 2.24) is 0 Å². The van der Waals surface area contributed by atoms with E-state index >= 15 is 0 Å². The summed E-state index contributed by atoms with van der Waals surface area (Å²) < 4.78 is 17.1. The molecule has 8 heteroatoms. The van der Waals surface area contributed by atoms with E-state index in [1.54, 1.807) is 0 Å². The minimum absolute atomic E-state index is 0.0450. The number of carboxylic acid groups (broad SMARTS) is 1. The zero-order valence-corrected chi connectivity index (χ0v) is 31.2. The molecule has 0 rings (SSSR count). The monoisotopic (exact) mass is 677 g/mol. The predicted molar refractivity (Wildman–Crippen MR) is 197 cm³/mol. The lowest BCUT2D eigenvalue weighted by molar-refractivity contribution is -0.887. The van der Waals surface area contributed by atoms with Crippen molar-refractivity contribution in [2.45, 2.75) is 148 Å². The van der Waals surface area contributed by atoms with Crippen molar-refractivity contribution >= 4 is 17.9 Å². The number of unbranched alkanes of at least 4 members (excludes halogenated alkanes) is 13.